The molecule has 134 valence electrons. The van der Waals surface area contributed by atoms with E-state index >= 15 is 0 Å². The predicted octanol–water partition coefficient (Wildman–Crippen LogP) is 4.00. The summed E-state index contributed by atoms with van der Waals surface area (Å²) in [5.41, 5.74) is 4.76. The van der Waals surface area contributed by atoms with Crippen LogP contribution in [0.2, 0.25) is 0 Å². The first-order valence-electron chi connectivity index (χ1n) is 9.31. The summed E-state index contributed by atoms with van der Waals surface area (Å²) >= 11 is 0. The molecule has 0 fully saturated rings. The second-order valence-corrected chi connectivity index (χ2v) is 7.10. The van der Waals surface area contributed by atoms with Crippen LogP contribution < -0.4 is 5.56 Å². The van der Waals surface area contributed by atoms with Crippen LogP contribution in [0.5, 0.6) is 0 Å². The van der Waals surface area contributed by atoms with Crippen LogP contribution in [0.1, 0.15) is 34.0 Å². The van der Waals surface area contributed by atoms with Gasteiger partial charge in [-0.3, -0.25) is 4.79 Å². The summed E-state index contributed by atoms with van der Waals surface area (Å²) in [6.07, 6.45) is 0.630. The Morgan fingerprint density at radius 2 is 1.75 bits per heavy atom. The zero-order chi connectivity index (χ0) is 19.1. The van der Waals surface area contributed by atoms with Crippen molar-refractivity contribution in [2.24, 2.45) is 0 Å². The van der Waals surface area contributed by atoms with Crippen LogP contribution in [0.25, 0.3) is 10.9 Å². The van der Waals surface area contributed by atoms with Crippen LogP contribution in [0.15, 0.2) is 77.6 Å². The second-order valence-electron chi connectivity index (χ2n) is 7.10. The van der Waals surface area contributed by atoms with Crippen molar-refractivity contribution in [3.8, 4) is 6.07 Å². The van der Waals surface area contributed by atoms with Crippen LogP contribution in [0.3, 0.4) is 0 Å². The minimum Gasteiger partial charge on any atom is -0.324 e. The first-order chi connectivity index (χ1) is 13.8. The molecule has 3 aromatic carbocycles. The molecule has 0 bridgehead atoms. The maximum Gasteiger partial charge on any atom is 0.280 e. The van der Waals surface area contributed by atoms with Crippen molar-refractivity contribution in [3.05, 3.63) is 111 Å². The fourth-order valence-corrected chi connectivity index (χ4v) is 4.23. The number of hydrogen-bond acceptors (Lipinski definition) is 3. The molecule has 0 saturated carbocycles. The maximum absolute atomic E-state index is 12.7. The van der Waals surface area contributed by atoms with Gasteiger partial charge < -0.3 is 4.57 Å². The van der Waals surface area contributed by atoms with Gasteiger partial charge in [-0.1, -0.05) is 54.6 Å². The van der Waals surface area contributed by atoms with Crippen molar-refractivity contribution < 1.29 is 0 Å². The molecule has 1 aliphatic heterocycles. The molecule has 0 N–H and O–H groups in total. The molecule has 5 rings (SSSR count). The first kappa shape index (κ1) is 16.5. The third-order valence-electron chi connectivity index (χ3n) is 5.55. The summed E-state index contributed by atoms with van der Waals surface area (Å²) in [5, 5.41) is 10.1. The zero-order valence-corrected chi connectivity index (χ0v) is 15.2. The first-order valence-corrected chi connectivity index (χ1v) is 9.31. The van der Waals surface area contributed by atoms with Gasteiger partial charge in [0.2, 0.25) is 0 Å². The molecule has 28 heavy (non-hydrogen) atoms. The molecule has 0 amide bonds. The summed E-state index contributed by atoms with van der Waals surface area (Å²) in [4.78, 5) is 17.2. The van der Waals surface area contributed by atoms with Crippen LogP contribution in [-0.4, -0.2) is 9.55 Å². The van der Waals surface area contributed by atoms with Crippen molar-refractivity contribution >= 4 is 10.9 Å². The summed E-state index contributed by atoms with van der Waals surface area (Å²) in [7, 11) is 0. The van der Waals surface area contributed by atoms with Gasteiger partial charge in [-0.25, -0.2) is 0 Å². The Kier molecular flexibility index (Phi) is 3.80. The number of rotatable bonds is 2. The Morgan fingerprint density at radius 1 is 1.00 bits per heavy atom. The largest absolute Gasteiger partial charge is 0.324 e. The highest BCUT2D eigenvalue weighted by Gasteiger charge is 2.29. The molecule has 0 saturated heterocycles. The van der Waals surface area contributed by atoms with E-state index in [1.165, 1.54) is 11.1 Å². The van der Waals surface area contributed by atoms with Crippen molar-refractivity contribution in [1.29, 1.82) is 5.26 Å². The van der Waals surface area contributed by atoms with E-state index in [9.17, 15) is 10.1 Å². The highest BCUT2D eigenvalue weighted by atomic mass is 16.1. The molecule has 0 radical (unpaired) electrons. The lowest BCUT2D eigenvalue weighted by atomic mass is 9.84. The Hall–Kier alpha value is -3.71. The second kappa shape index (κ2) is 6.47. The van der Waals surface area contributed by atoms with E-state index in [4.69, 9.17) is 0 Å². The lowest BCUT2D eigenvalue weighted by Gasteiger charge is -2.30. The molecule has 2 heterocycles. The molecular weight excluding hydrogens is 346 g/mol. The van der Waals surface area contributed by atoms with Gasteiger partial charge in [-0.2, -0.15) is 10.2 Å². The molecule has 1 aliphatic rings. The van der Waals surface area contributed by atoms with Gasteiger partial charge in [0.15, 0.2) is 0 Å². The molecule has 0 aliphatic carbocycles. The third kappa shape index (κ3) is 2.52. The van der Waals surface area contributed by atoms with E-state index in [1.54, 1.807) is 0 Å². The zero-order valence-electron chi connectivity index (χ0n) is 15.2. The van der Waals surface area contributed by atoms with Gasteiger partial charge in [-0.15, -0.1) is 0 Å². The number of nitriles is 1. The van der Waals surface area contributed by atoms with Gasteiger partial charge >= 0.3 is 0 Å². The predicted molar refractivity (Wildman–Crippen MR) is 108 cm³/mol. The van der Waals surface area contributed by atoms with Gasteiger partial charge in [0.1, 0.15) is 5.82 Å². The average molecular weight is 363 g/mol. The van der Waals surface area contributed by atoms with E-state index in [-0.39, 0.29) is 11.5 Å². The van der Waals surface area contributed by atoms with E-state index < -0.39 is 0 Å². The molecule has 4 aromatic rings. The molecule has 1 atom stereocenters. The van der Waals surface area contributed by atoms with E-state index in [0.717, 1.165) is 16.9 Å². The smallest absolute Gasteiger partial charge is 0.280 e. The molecule has 0 unspecified atom stereocenters. The summed E-state index contributed by atoms with van der Waals surface area (Å²) in [6.45, 7) is 0.690. The number of benzene rings is 3. The van der Waals surface area contributed by atoms with Crippen molar-refractivity contribution in [2.45, 2.75) is 18.9 Å². The third-order valence-corrected chi connectivity index (χ3v) is 5.55. The van der Waals surface area contributed by atoms with Crippen LogP contribution >= 0.6 is 0 Å². The monoisotopic (exact) mass is 363 g/mol. The maximum atomic E-state index is 12.7. The lowest BCUT2D eigenvalue weighted by Crippen LogP contribution is -2.28. The Bertz CT molecular complexity index is 1310. The fourth-order valence-electron chi connectivity index (χ4n) is 4.23. The Balaban J connectivity index is 1.76. The van der Waals surface area contributed by atoms with Gasteiger partial charge in [0.05, 0.1) is 22.5 Å². The van der Waals surface area contributed by atoms with Crippen molar-refractivity contribution in [2.75, 3.05) is 0 Å². The molecule has 4 heteroatoms. The Labute approximate surface area is 162 Å². The summed E-state index contributed by atoms with van der Waals surface area (Å²) in [6, 6.07) is 25.9. The quantitative estimate of drug-likeness (QED) is 0.541. The van der Waals surface area contributed by atoms with Gasteiger partial charge in [0.25, 0.3) is 5.56 Å². The minimum absolute atomic E-state index is 0.0724. The van der Waals surface area contributed by atoms with Crippen LogP contribution in [0.4, 0.5) is 0 Å². The summed E-state index contributed by atoms with van der Waals surface area (Å²) in [5.74, 6) is 0.701. The van der Waals surface area contributed by atoms with E-state index in [0.29, 0.717) is 23.9 Å². The highest BCUT2D eigenvalue weighted by Crippen LogP contribution is 2.36. The minimum atomic E-state index is -0.195. The normalized spacial score (nSPS) is 14.9. The summed E-state index contributed by atoms with van der Waals surface area (Å²) < 4.78 is 2.15. The topological polar surface area (TPSA) is 58.7 Å². The number of hydrogen-bond donors (Lipinski definition) is 0. The molecule has 1 aromatic heterocycles. The highest BCUT2D eigenvalue weighted by molar-refractivity contribution is 5.78. The molecule has 4 nitrogen and oxygen atoms in total. The Morgan fingerprint density at radius 3 is 2.64 bits per heavy atom. The van der Waals surface area contributed by atoms with Crippen LogP contribution in [0, 0.1) is 11.3 Å². The van der Waals surface area contributed by atoms with E-state index in [1.807, 2.05) is 60.7 Å². The number of para-hydroxylation sites is 1. The van der Waals surface area contributed by atoms with Crippen LogP contribution in [-0.2, 0) is 13.0 Å². The molecule has 0 spiro atoms. The number of nitrogens with zero attached hydrogens (tertiary/aromatic N) is 3. The molecular formula is C24H17N3O. The van der Waals surface area contributed by atoms with Crippen molar-refractivity contribution in [1.82, 2.24) is 9.55 Å². The van der Waals surface area contributed by atoms with E-state index in [2.05, 4.69) is 27.8 Å². The standard InChI is InChI=1S/C24H17N3O/c25-14-17-8-2-1-7-16(17)13-21-19-10-4-3-9-18(19)15-27-22-12-6-5-11-20(22)24(28)26-23(21)27/h1-12,21H,13,15H2/t21-/m0/s1. The lowest BCUT2D eigenvalue weighted by molar-refractivity contribution is 0.603. The SMILES string of the molecule is N#Cc1ccccc1C[C@H]1c2ccccc2Cn2c1nc(=O)c1ccccc12. The number of fused-ring (bicyclic) bond motifs is 4. The number of aromatic nitrogens is 2. The van der Waals surface area contributed by atoms with Gasteiger partial charge in [-0.05, 0) is 41.3 Å². The average Bonchev–Trinajstić information content (AvgIpc) is 2.75. The fraction of sp³-hybridized carbons (Fsp3) is 0.125. The van der Waals surface area contributed by atoms with Crippen molar-refractivity contribution in [3.63, 3.8) is 0 Å². The van der Waals surface area contributed by atoms with Gasteiger partial charge in [0, 0.05) is 12.5 Å².